The number of hydrogen-bond donors (Lipinski definition) is 0. The standard InChI is InChI=1S/C30H35N3/c1-4-5-16-33-29(20-31-30(33)28-14-10-7-11-15-28)23-32(21-26-12-8-6-9-13-26)22-27-18-24(2)17-25(3)19-27/h6-15,17-20H,4-5,16,21-23H2,1-3H3. The van der Waals surface area contributed by atoms with Gasteiger partial charge in [0.15, 0.2) is 0 Å². The smallest absolute Gasteiger partial charge is 0.140 e. The molecule has 0 spiro atoms. The number of rotatable bonds is 10. The normalized spacial score (nSPS) is 11.3. The summed E-state index contributed by atoms with van der Waals surface area (Å²) in [5.74, 6) is 1.07. The highest BCUT2D eigenvalue weighted by Gasteiger charge is 2.16. The second kappa shape index (κ2) is 11.1. The van der Waals surface area contributed by atoms with E-state index in [9.17, 15) is 0 Å². The van der Waals surface area contributed by atoms with E-state index in [1.165, 1.54) is 39.9 Å². The molecule has 0 radical (unpaired) electrons. The van der Waals surface area contributed by atoms with Crippen molar-refractivity contribution in [3.05, 3.63) is 113 Å². The van der Waals surface area contributed by atoms with Crippen molar-refractivity contribution in [1.82, 2.24) is 14.5 Å². The fourth-order valence-corrected chi connectivity index (χ4v) is 4.58. The van der Waals surface area contributed by atoms with E-state index in [0.717, 1.165) is 38.4 Å². The van der Waals surface area contributed by atoms with Gasteiger partial charge in [-0.2, -0.15) is 0 Å². The zero-order valence-electron chi connectivity index (χ0n) is 20.2. The van der Waals surface area contributed by atoms with Crippen LogP contribution in [0.15, 0.2) is 85.1 Å². The SMILES string of the molecule is CCCCn1c(CN(Cc2ccccc2)Cc2cc(C)cc(C)c2)cnc1-c1ccccc1. The summed E-state index contributed by atoms with van der Waals surface area (Å²) < 4.78 is 2.43. The lowest BCUT2D eigenvalue weighted by atomic mass is 10.1. The minimum Gasteiger partial charge on any atom is -0.327 e. The third kappa shape index (κ3) is 6.21. The van der Waals surface area contributed by atoms with Crippen molar-refractivity contribution < 1.29 is 0 Å². The molecule has 0 aliphatic carbocycles. The average molecular weight is 438 g/mol. The summed E-state index contributed by atoms with van der Waals surface area (Å²) in [4.78, 5) is 7.41. The Morgan fingerprint density at radius 1 is 0.758 bits per heavy atom. The summed E-state index contributed by atoms with van der Waals surface area (Å²) in [6.45, 7) is 10.3. The first kappa shape index (κ1) is 23.0. The van der Waals surface area contributed by atoms with Crippen molar-refractivity contribution in [2.75, 3.05) is 0 Å². The lowest BCUT2D eigenvalue weighted by Gasteiger charge is -2.24. The highest BCUT2D eigenvalue weighted by Crippen LogP contribution is 2.23. The van der Waals surface area contributed by atoms with E-state index in [4.69, 9.17) is 4.98 Å². The third-order valence-electron chi connectivity index (χ3n) is 6.03. The molecule has 0 bridgehead atoms. The number of imidazole rings is 1. The van der Waals surface area contributed by atoms with Crippen molar-refractivity contribution >= 4 is 0 Å². The van der Waals surface area contributed by atoms with Crippen LogP contribution in [-0.2, 0) is 26.2 Å². The number of unbranched alkanes of at least 4 members (excludes halogenated alkanes) is 1. The van der Waals surface area contributed by atoms with Gasteiger partial charge < -0.3 is 4.57 Å². The molecule has 0 fully saturated rings. The molecule has 0 N–H and O–H groups in total. The summed E-state index contributed by atoms with van der Waals surface area (Å²) in [6.07, 6.45) is 4.40. The Kier molecular flexibility index (Phi) is 7.74. The van der Waals surface area contributed by atoms with Crippen LogP contribution in [0.5, 0.6) is 0 Å². The van der Waals surface area contributed by atoms with E-state index in [0.29, 0.717) is 0 Å². The van der Waals surface area contributed by atoms with Crippen LogP contribution in [0, 0.1) is 13.8 Å². The van der Waals surface area contributed by atoms with Crippen molar-refractivity contribution in [3.63, 3.8) is 0 Å². The first-order chi connectivity index (χ1) is 16.1. The van der Waals surface area contributed by atoms with Gasteiger partial charge in [0.25, 0.3) is 0 Å². The first-order valence-electron chi connectivity index (χ1n) is 12.1. The maximum absolute atomic E-state index is 4.87. The molecule has 33 heavy (non-hydrogen) atoms. The lowest BCUT2D eigenvalue weighted by molar-refractivity contribution is 0.241. The highest BCUT2D eigenvalue weighted by atomic mass is 15.2. The van der Waals surface area contributed by atoms with E-state index < -0.39 is 0 Å². The maximum atomic E-state index is 4.87. The van der Waals surface area contributed by atoms with E-state index in [-0.39, 0.29) is 0 Å². The van der Waals surface area contributed by atoms with Gasteiger partial charge in [-0.05, 0) is 31.4 Å². The molecule has 3 aromatic carbocycles. The van der Waals surface area contributed by atoms with Crippen LogP contribution in [0.1, 0.15) is 47.7 Å². The molecule has 0 saturated heterocycles. The molecule has 3 nitrogen and oxygen atoms in total. The van der Waals surface area contributed by atoms with Crippen LogP contribution in [0.2, 0.25) is 0 Å². The largest absolute Gasteiger partial charge is 0.327 e. The van der Waals surface area contributed by atoms with Gasteiger partial charge in [-0.15, -0.1) is 0 Å². The molecule has 0 atom stereocenters. The number of nitrogens with zero attached hydrogens (tertiary/aromatic N) is 3. The molecular weight excluding hydrogens is 402 g/mol. The van der Waals surface area contributed by atoms with Crippen LogP contribution >= 0.6 is 0 Å². The quantitative estimate of drug-likeness (QED) is 0.262. The van der Waals surface area contributed by atoms with Gasteiger partial charge in [-0.1, -0.05) is 103 Å². The third-order valence-corrected chi connectivity index (χ3v) is 6.03. The molecule has 4 rings (SSSR count). The van der Waals surface area contributed by atoms with Gasteiger partial charge in [0.05, 0.1) is 11.9 Å². The topological polar surface area (TPSA) is 21.1 Å². The van der Waals surface area contributed by atoms with Gasteiger partial charge in [0.2, 0.25) is 0 Å². The van der Waals surface area contributed by atoms with Gasteiger partial charge >= 0.3 is 0 Å². The van der Waals surface area contributed by atoms with Crippen LogP contribution < -0.4 is 0 Å². The molecule has 4 aromatic rings. The summed E-state index contributed by atoms with van der Waals surface area (Å²) in [5.41, 5.74) is 7.82. The second-order valence-electron chi connectivity index (χ2n) is 9.07. The minimum absolute atomic E-state index is 0.866. The van der Waals surface area contributed by atoms with Crippen LogP contribution in [0.4, 0.5) is 0 Å². The summed E-state index contributed by atoms with van der Waals surface area (Å²) in [6, 6.07) is 28.2. The minimum atomic E-state index is 0.866. The zero-order chi connectivity index (χ0) is 23.0. The Morgan fingerprint density at radius 2 is 1.39 bits per heavy atom. The highest BCUT2D eigenvalue weighted by molar-refractivity contribution is 5.55. The van der Waals surface area contributed by atoms with E-state index in [1.807, 2.05) is 0 Å². The molecule has 1 aromatic heterocycles. The number of aromatic nitrogens is 2. The van der Waals surface area contributed by atoms with Gasteiger partial charge in [-0.25, -0.2) is 4.98 Å². The number of aryl methyl sites for hydroxylation is 2. The average Bonchev–Trinajstić information content (AvgIpc) is 3.20. The fraction of sp³-hybridized carbons (Fsp3) is 0.300. The molecule has 3 heteroatoms. The van der Waals surface area contributed by atoms with Gasteiger partial charge in [0.1, 0.15) is 5.82 Å². The second-order valence-corrected chi connectivity index (χ2v) is 9.07. The molecular formula is C30H35N3. The van der Waals surface area contributed by atoms with E-state index in [1.54, 1.807) is 0 Å². The summed E-state index contributed by atoms with van der Waals surface area (Å²) in [5, 5.41) is 0. The molecule has 1 heterocycles. The Labute approximate surface area is 198 Å². The monoisotopic (exact) mass is 437 g/mol. The molecule has 0 aliphatic rings. The van der Waals surface area contributed by atoms with Gasteiger partial charge in [-0.3, -0.25) is 4.90 Å². The van der Waals surface area contributed by atoms with Gasteiger partial charge in [0, 0.05) is 31.7 Å². The van der Waals surface area contributed by atoms with Crippen molar-refractivity contribution in [3.8, 4) is 11.4 Å². The Hall–Kier alpha value is -3.17. The first-order valence-corrected chi connectivity index (χ1v) is 12.1. The predicted molar refractivity (Wildman–Crippen MR) is 138 cm³/mol. The Bertz CT molecular complexity index is 1130. The van der Waals surface area contributed by atoms with Crippen LogP contribution in [-0.4, -0.2) is 14.5 Å². The van der Waals surface area contributed by atoms with Crippen molar-refractivity contribution in [2.45, 2.75) is 59.8 Å². The van der Waals surface area contributed by atoms with Crippen LogP contribution in [0.25, 0.3) is 11.4 Å². The molecule has 0 aliphatic heterocycles. The summed E-state index contributed by atoms with van der Waals surface area (Å²) in [7, 11) is 0. The molecule has 0 unspecified atom stereocenters. The predicted octanol–water partition coefficient (Wildman–Crippen LogP) is 7.17. The fourth-order valence-electron chi connectivity index (χ4n) is 4.58. The van der Waals surface area contributed by atoms with E-state index in [2.05, 4.69) is 115 Å². The Balaban J connectivity index is 1.65. The number of benzene rings is 3. The number of hydrogen-bond acceptors (Lipinski definition) is 2. The summed E-state index contributed by atoms with van der Waals surface area (Å²) >= 11 is 0. The molecule has 170 valence electrons. The lowest BCUT2D eigenvalue weighted by Crippen LogP contribution is -2.24. The van der Waals surface area contributed by atoms with Crippen molar-refractivity contribution in [2.24, 2.45) is 0 Å². The molecule has 0 saturated carbocycles. The Morgan fingerprint density at radius 3 is 2.06 bits per heavy atom. The molecule has 0 amide bonds. The zero-order valence-corrected chi connectivity index (χ0v) is 20.2. The van der Waals surface area contributed by atoms with Crippen LogP contribution in [0.3, 0.4) is 0 Å². The maximum Gasteiger partial charge on any atom is 0.140 e. The van der Waals surface area contributed by atoms with Crippen molar-refractivity contribution in [1.29, 1.82) is 0 Å². The van der Waals surface area contributed by atoms with E-state index >= 15 is 0 Å².